The highest BCUT2D eigenvalue weighted by Gasteiger charge is 2.40. The molecule has 0 spiro atoms. The van der Waals surface area contributed by atoms with Gasteiger partial charge in [0.1, 0.15) is 0 Å². The maximum atomic E-state index is 12.4. The van der Waals surface area contributed by atoms with Crippen molar-refractivity contribution in [2.45, 2.75) is 32.3 Å². The number of carbonyl (C=O) groups excluding carboxylic acids is 2. The number of rotatable bonds is 3. The van der Waals surface area contributed by atoms with Gasteiger partial charge in [0.2, 0.25) is 5.91 Å². The van der Waals surface area contributed by atoms with Crippen LogP contribution in [0.5, 0.6) is 0 Å². The molecule has 0 unspecified atom stereocenters. The largest absolute Gasteiger partial charge is 0.459 e. The summed E-state index contributed by atoms with van der Waals surface area (Å²) in [6.45, 7) is 3.79. The van der Waals surface area contributed by atoms with Crippen molar-refractivity contribution in [2.24, 2.45) is 17.6 Å². The Morgan fingerprint density at radius 2 is 2.00 bits per heavy atom. The fraction of sp³-hybridized carbons (Fsp3) is 0.625. The Bertz CT molecular complexity index is 560. The van der Waals surface area contributed by atoms with Crippen LogP contribution in [-0.2, 0) is 9.53 Å². The topological polar surface area (TPSA) is 85.8 Å². The molecule has 6 heteroatoms. The number of hydrogen-bond donors (Lipinski definition) is 1. The van der Waals surface area contributed by atoms with Crippen LogP contribution in [0.1, 0.15) is 35.4 Å². The lowest BCUT2D eigenvalue weighted by Gasteiger charge is -2.35. The summed E-state index contributed by atoms with van der Waals surface area (Å²) in [5.41, 5.74) is 6.32. The standard InChI is InChI=1S/C16H22N2O4/c1-10-4-8-21-13(10)16(20)18-6-2-11(3-7-18)14-12(15(17)19)5-9-22-14/h4,8,11-12,14H,2-3,5-7,9H2,1H3,(H2,17,19)/t12-,14+/m0/s1. The Morgan fingerprint density at radius 3 is 2.59 bits per heavy atom. The molecule has 2 saturated heterocycles. The van der Waals surface area contributed by atoms with Crippen molar-refractivity contribution in [1.29, 1.82) is 0 Å². The SMILES string of the molecule is Cc1ccoc1C(=O)N1CCC([C@H]2OCC[C@@H]2C(N)=O)CC1. The van der Waals surface area contributed by atoms with Crippen LogP contribution in [0.25, 0.3) is 0 Å². The lowest BCUT2D eigenvalue weighted by atomic mass is 9.84. The first kappa shape index (κ1) is 15.1. The normalized spacial score (nSPS) is 26.3. The molecule has 6 nitrogen and oxygen atoms in total. The molecule has 0 aromatic carbocycles. The van der Waals surface area contributed by atoms with E-state index in [1.807, 2.05) is 11.8 Å². The van der Waals surface area contributed by atoms with E-state index in [-0.39, 0.29) is 23.8 Å². The smallest absolute Gasteiger partial charge is 0.289 e. The molecule has 1 aromatic heterocycles. The number of likely N-dealkylation sites (tertiary alicyclic amines) is 1. The minimum atomic E-state index is -0.271. The highest BCUT2D eigenvalue weighted by Crippen LogP contribution is 2.33. The predicted molar refractivity (Wildman–Crippen MR) is 79.1 cm³/mol. The Morgan fingerprint density at radius 1 is 1.27 bits per heavy atom. The zero-order valence-electron chi connectivity index (χ0n) is 12.8. The number of furan rings is 1. The quantitative estimate of drug-likeness (QED) is 0.913. The molecular formula is C16H22N2O4. The molecule has 2 aliphatic rings. The summed E-state index contributed by atoms with van der Waals surface area (Å²) in [6.07, 6.45) is 3.84. The summed E-state index contributed by atoms with van der Waals surface area (Å²) in [4.78, 5) is 25.7. The van der Waals surface area contributed by atoms with Crippen molar-refractivity contribution in [1.82, 2.24) is 4.90 Å². The third kappa shape index (κ3) is 2.75. The lowest BCUT2D eigenvalue weighted by molar-refractivity contribution is -0.124. The van der Waals surface area contributed by atoms with Crippen molar-refractivity contribution in [3.05, 3.63) is 23.7 Å². The molecule has 0 aliphatic carbocycles. The molecule has 120 valence electrons. The predicted octanol–water partition coefficient (Wildman–Crippen LogP) is 1.33. The van der Waals surface area contributed by atoms with Crippen molar-refractivity contribution < 1.29 is 18.7 Å². The second kappa shape index (κ2) is 6.12. The minimum Gasteiger partial charge on any atom is -0.459 e. The highest BCUT2D eigenvalue weighted by atomic mass is 16.5. The maximum Gasteiger partial charge on any atom is 0.289 e. The number of carbonyl (C=O) groups is 2. The fourth-order valence-corrected chi connectivity index (χ4v) is 3.55. The fourth-order valence-electron chi connectivity index (χ4n) is 3.55. The number of ether oxygens (including phenoxy) is 1. The number of hydrogen-bond acceptors (Lipinski definition) is 4. The van der Waals surface area contributed by atoms with Gasteiger partial charge >= 0.3 is 0 Å². The van der Waals surface area contributed by atoms with Crippen LogP contribution in [0.3, 0.4) is 0 Å². The molecular weight excluding hydrogens is 284 g/mol. The van der Waals surface area contributed by atoms with Gasteiger partial charge in [-0.3, -0.25) is 9.59 Å². The summed E-state index contributed by atoms with van der Waals surface area (Å²) < 4.78 is 11.0. The van der Waals surface area contributed by atoms with Crippen molar-refractivity contribution in [2.75, 3.05) is 19.7 Å². The van der Waals surface area contributed by atoms with E-state index < -0.39 is 0 Å². The van der Waals surface area contributed by atoms with Gasteiger partial charge in [-0.1, -0.05) is 0 Å². The van der Waals surface area contributed by atoms with E-state index >= 15 is 0 Å². The van der Waals surface area contributed by atoms with E-state index in [1.165, 1.54) is 0 Å². The summed E-state index contributed by atoms with van der Waals surface area (Å²) in [5.74, 6) is 0.207. The summed E-state index contributed by atoms with van der Waals surface area (Å²) in [7, 11) is 0. The first-order valence-corrected chi connectivity index (χ1v) is 7.82. The lowest BCUT2D eigenvalue weighted by Crippen LogP contribution is -2.44. The van der Waals surface area contributed by atoms with E-state index in [1.54, 1.807) is 12.3 Å². The van der Waals surface area contributed by atoms with Crippen LogP contribution in [0.2, 0.25) is 0 Å². The first-order chi connectivity index (χ1) is 10.6. The Balaban J connectivity index is 1.60. The molecule has 2 amide bonds. The minimum absolute atomic E-state index is 0.0558. The van der Waals surface area contributed by atoms with Crippen LogP contribution >= 0.6 is 0 Å². The summed E-state index contributed by atoms with van der Waals surface area (Å²) in [5, 5.41) is 0. The molecule has 3 rings (SSSR count). The van der Waals surface area contributed by atoms with Crippen molar-refractivity contribution in [3.63, 3.8) is 0 Å². The van der Waals surface area contributed by atoms with Crippen LogP contribution in [0.4, 0.5) is 0 Å². The Hall–Kier alpha value is -1.82. The molecule has 3 heterocycles. The van der Waals surface area contributed by atoms with Gasteiger partial charge in [0.25, 0.3) is 5.91 Å². The molecule has 2 fully saturated rings. The Labute approximate surface area is 129 Å². The van der Waals surface area contributed by atoms with E-state index in [0.29, 0.717) is 37.8 Å². The highest BCUT2D eigenvalue weighted by molar-refractivity contribution is 5.92. The van der Waals surface area contributed by atoms with E-state index in [4.69, 9.17) is 14.9 Å². The van der Waals surface area contributed by atoms with Crippen LogP contribution < -0.4 is 5.73 Å². The van der Waals surface area contributed by atoms with Gasteiger partial charge in [-0.15, -0.1) is 0 Å². The maximum absolute atomic E-state index is 12.4. The van der Waals surface area contributed by atoms with Crippen molar-refractivity contribution in [3.8, 4) is 0 Å². The molecule has 22 heavy (non-hydrogen) atoms. The van der Waals surface area contributed by atoms with Crippen molar-refractivity contribution >= 4 is 11.8 Å². The first-order valence-electron chi connectivity index (χ1n) is 7.82. The van der Waals surface area contributed by atoms with Gasteiger partial charge in [0.05, 0.1) is 18.3 Å². The van der Waals surface area contributed by atoms with Gasteiger partial charge in [0.15, 0.2) is 5.76 Å². The van der Waals surface area contributed by atoms with Crippen LogP contribution in [0.15, 0.2) is 16.7 Å². The number of aryl methyl sites for hydroxylation is 1. The summed E-state index contributed by atoms with van der Waals surface area (Å²) in [6, 6.07) is 1.80. The Kier molecular flexibility index (Phi) is 4.20. The van der Waals surface area contributed by atoms with Gasteiger partial charge in [-0.2, -0.15) is 0 Å². The van der Waals surface area contributed by atoms with E-state index in [0.717, 1.165) is 18.4 Å². The molecule has 2 aliphatic heterocycles. The number of primary amides is 1. The van der Waals surface area contributed by atoms with Gasteiger partial charge in [-0.25, -0.2) is 0 Å². The summed E-state index contributed by atoms with van der Waals surface area (Å²) >= 11 is 0. The van der Waals surface area contributed by atoms with E-state index in [2.05, 4.69) is 0 Å². The monoisotopic (exact) mass is 306 g/mol. The van der Waals surface area contributed by atoms with Gasteiger partial charge in [0, 0.05) is 25.3 Å². The van der Waals surface area contributed by atoms with E-state index in [9.17, 15) is 9.59 Å². The number of nitrogens with zero attached hydrogens (tertiary/aromatic N) is 1. The van der Waals surface area contributed by atoms with Crippen LogP contribution in [-0.4, -0.2) is 42.5 Å². The molecule has 2 N–H and O–H groups in total. The number of nitrogens with two attached hydrogens (primary N) is 1. The average Bonchev–Trinajstić information content (AvgIpc) is 3.15. The van der Waals surface area contributed by atoms with Gasteiger partial charge in [-0.05, 0) is 38.2 Å². The number of piperidine rings is 1. The third-order valence-electron chi connectivity index (χ3n) is 4.85. The third-order valence-corrected chi connectivity index (χ3v) is 4.85. The number of amides is 2. The second-order valence-corrected chi connectivity index (χ2v) is 6.20. The zero-order valence-corrected chi connectivity index (χ0v) is 12.8. The average molecular weight is 306 g/mol. The molecule has 1 aromatic rings. The molecule has 0 saturated carbocycles. The van der Waals surface area contributed by atoms with Gasteiger partial charge < -0.3 is 19.8 Å². The molecule has 0 bridgehead atoms. The molecule has 2 atom stereocenters. The zero-order chi connectivity index (χ0) is 15.7. The molecule has 0 radical (unpaired) electrons. The second-order valence-electron chi connectivity index (χ2n) is 6.20. The van der Waals surface area contributed by atoms with Crippen LogP contribution in [0, 0.1) is 18.8 Å².